The number of likely N-dealkylation sites (tertiary alicyclic amines) is 2. The average Bonchev–Trinajstić information content (AvgIpc) is 4.32. The van der Waals surface area contributed by atoms with Crippen molar-refractivity contribution in [3.05, 3.63) is 102 Å². The van der Waals surface area contributed by atoms with Crippen LogP contribution < -0.4 is 5.32 Å². The van der Waals surface area contributed by atoms with Crippen molar-refractivity contribution in [2.24, 2.45) is 71.0 Å². The minimum atomic E-state index is -1.80. The number of imide groups is 3. The minimum Gasteiger partial charge on any atom is -0.467 e. The van der Waals surface area contributed by atoms with Gasteiger partial charge in [0.2, 0.25) is 23.6 Å². The third kappa shape index (κ3) is 4.99. The molecule has 4 aliphatic carbocycles. The predicted octanol–water partition coefficient (Wildman–Crippen LogP) is 3.40. The molecule has 0 radical (unpaired) electrons. The second-order valence-corrected chi connectivity index (χ2v) is 20.9. The molecule has 6 heterocycles. The molecule has 4 aromatic carbocycles. The summed E-state index contributed by atoms with van der Waals surface area (Å²) in [5.74, 6) is -13.5. The summed E-state index contributed by atoms with van der Waals surface area (Å²) in [7, 11) is 2.47. The summed E-state index contributed by atoms with van der Waals surface area (Å²) in [6, 6.07) is 25.3. The monoisotopic (exact) mass is 955 g/mol. The van der Waals surface area contributed by atoms with E-state index in [1.807, 2.05) is 48.5 Å². The quantitative estimate of drug-likeness (QED) is 0.128. The molecule has 14 rings (SSSR count). The fourth-order valence-electron chi connectivity index (χ4n) is 16.7. The molecule has 1 aromatic heterocycles. The summed E-state index contributed by atoms with van der Waals surface area (Å²) >= 11 is 0. The Bertz CT molecular complexity index is 3250. The first-order valence-electron chi connectivity index (χ1n) is 24.4. The van der Waals surface area contributed by atoms with Crippen molar-refractivity contribution < 1.29 is 57.4 Å². The highest BCUT2D eigenvalue weighted by Crippen LogP contribution is 2.83. The number of ether oxygens (including phenoxy) is 3. The Morgan fingerprint density at radius 1 is 0.592 bits per heavy atom. The molecule has 0 unspecified atom stereocenters. The summed E-state index contributed by atoms with van der Waals surface area (Å²) in [4.78, 5) is 137. The van der Waals surface area contributed by atoms with Gasteiger partial charge in [-0.05, 0) is 72.2 Å². The third-order valence-corrected chi connectivity index (χ3v) is 18.7. The number of benzene rings is 4. The maximum absolute atomic E-state index is 14.7. The number of carbonyl (C=O) groups excluding carboxylic acids is 9. The van der Waals surface area contributed by atoms with Gasteiger partial charge in [-0.3, -0.25) is 48.3 Å². The second kappa shape index (κ2) is 14.4. The third-order valence-electron chi connectivity index (χ3n) is 18.7. The maximum atomic E-state index is 14.7. The molecule has 4 saturated heterocycles. The van der Waals surface area contributed by atoms with Gasteiger partial charge < -0.3 is 19.5 Å². The fraction of sp³-hybridized carbons (Fsp3) is 0.407. The Morgan fingerprint density at radius 2 is 1.06 bits per heavy atom. The lowest BCUT2D eigenvalue weighted by atomic mass is 9.47. The zero-order chi connectivity index (χ0) is 48.7. The van der Waals surface area contributed by atoms with E-state index < -0.39 is 136 Å². The van der Waals surface area contributed by atoms with Crippen LogP contribution in [0.25, 0.3) is 32.6 Å². The fourth-order valence-corrected chi connectivity index (χ4v) is 16.7. The van der Waals surface area contributed by atoms with Crippen molar-refractivity contribution in [3.8, 4) is 0 Å². The lowest BCUT2D eigenvalue weighted by Crippen LogP contribution is -2.64. The van der Waals surface area contributed by atoms with Crippen LogP contribution in [-0.2, 0) is 43.0 Å². The van der Waals surface area contributed by atoms with Gasteiger partial charge in [-0.25, -0.2) is 14.6 Å². The van der Waals surface area contributed by atoms with E-state index in [9.17, 15) is 43.2 Å². The molecule has 14 atom stereocenters. The number of nitrogens with zero attached hydrogens (tertiary/aromatic N) is 4. The van der Waals surface area contributed by atoms with Crippen LogP contribution in [-0.4, -0.2) is 125 Å². The van der Waals surface area contributed by atoms with Crippen LogP contribution in [0.15, 0.2) is 84.9 Å². The highest BCUT2D eigenvalue weighted by atomic mass is 16.6. The topological polar surface area (TPSA) is 216 Å². The van der Waals surface area contributed by atoms with Crippen LogP contribution in [0.1, 0.15) is 43.9 Å². The number of methoxy groups -OCH3 is 2. The van der Waals surface area contributed by atoms with E-state index in [0.717, 1.165) is 31.5 Å². The molecular weight excluding hydrogens is 911 g/mol. The lowest BCUT2D eigenvalue weighted by molar-refractivity contribution is -0.188. The Morgan fingerprint density at radius 3 is 1.59 bits per heavy atom. The second-order valence-electron chi connectivity index (χ2n) is 20.9. The van der Waals surface area contributed by atoms with Crippen LogP contribution in [0.4, 0.5) is 0 Å². The van der Waals surface area contributed by atoms with Gasteiger partial charge in [0.25, 0.3) is 17.7 Å². The number of aromatic nitrogens is 1. The number of esters is 2. The summed E-state index contributed by atoms with van der Waals surface area (Å²) in [6.07, 6.45) is 0.724. The average molecular weight is 956 g/mol. The van der Waals surface area contributed by atoms with Crippen molar-refractivity contribution in [2.75, 3.05) is 40.4 Å². The maximum Gasteiger partial charge on any atom is 0.338 e. The number of carbonyl (C=O) groups is 9. The zero-order valence-corrected chi connectivity index (χ0v) is 38.4. The molecule has 4 saturated carbocycles. The molecular formula is C54H45N5O12. The van der Waals surface area contributed by atoms with Gasteiger partial charge in [0.05, 0.1) is 54.5 Å². The first kappa shape index (κ1) is 42.5. The van der Waals surface area contributed by atoms with E-state index in [1.165, 1.54) is 19.1 Å². The number of fused-ring (bicyclic) bond motifs is 24. The van der Waals surface area contributed by atoms with Crippen molar-refractivity contribution in [3.63, 3.8) is 0 Å². The molecule has 17 nitrogen and oxygen atoms in total. The summed E-state index contributed by atoms with van der Waals surface area (Å²) < 4.78 is 18.2. The molecule has 6 bridgehead atoms. The molecule has 71 heavy (non-hydrogen) atoms. The van der Waals surface area contributed by atoms with Gasteiger partial charge in [0, 0.05) is 77.1 Å². The molecule has 0 spiro atoms. The Hall–Kier alpha value is -7.40. The van der Waals surface area contributed by atoms with Gasteiger partial charge in [-0.15, -0.1) is 0 Å². The standard InChI is InChI=1S/C54H45N5O12/c1-69-51(67)53-39-29-21-30(36-35(29)47(63)57(48(36)64)17-16-55-44(60)28-14-7-11-25-20-24-8-3-4-15-33(24)56-43(25)28)40(39)54(71-53,52(68)70-2)42-32-22-31(41(42)53)37-38(32)50(66)59(49(37)65)19-18-58-45(61)26-12-5-9-23-10-6-13-27(34(23)26)46(58)62/h3-15,20,29-32,35-42H,16-19,21-22H2,1-2H3,(H,55,60)/t29-,30+,31+,32-,35-,36+,37+,38-,39-,40+,41+,42-,53-,54+. The summed E-state index contributed by atoms with van der Waals surface area (Å²) in [5, 5.41) is 5.91. The number of hydrogen-bond acceptors (Lipinski definition) is 13. The Labute approximate surface area is 404 Å². The lowest BCUT2D eigenvalue weighted by Gasteiger charge is -2.51. The van der Waals surface area contributed by atoms with Gasteiger partial charge in [0.15, 0.2) is 11.2 Å². The molecule has 1 N–H and O–H groups in total. The number of nitrogens with one attached hydrogen (secondary N) is 1. The predicted molar refractivity (Wildman–Crippen MR) is 246 cm³/mol. The van der Waals surface area contributed by atoms with E-state index in [0.29, 0.717) is 40.4 Å². The normalized spacial score (nSPS) is 35.3. The van der Waals surface area contributed by atoms with Gasteiger partial charge in [-0.1, -0.05) is 54.6 Å². The smallest absolute Gasteiger partial charge is 0.338 e. The molecule has 17 heteroatoms. The Balaban J connectivity index is 0.741. The van der Waals surface area contributed by atoms with Crippen LogP contribution in [0.5, 0.6) is 0 Å². The number of rotatable bonds is 9. The van der Waals surface area contributed by atoms with E-state index in [4.69, 9.17) is 19.2 Å². The molecule has 7 amide bonds. The van der Waals surface area contributed by atoms with E-state index >= 15 is 0 Å². The summed E-state index contributed by atoms with van der Waals surface area (Å²) in [6.45, 7) is -0.607. The largest absolute Gasteiger partial charge is 0.467 e. The molecule has 5 aliphatic heterocycles. The number of hydrogen-bond donors (Lipinski definition) is 1. The molecule has 5 aromatic rings. The molecule has 9 aliphatic rings. The van der Waals surface area contributed by atoms with Gasteiger partial charge in [-0.2, -0.15) is 0 Å². The van der Waals surface area contributed by atoms with Gasteiger partial charge >= 0.3 is 11.9 Å². The van der Waals surface area contributed by atoms with E-state index in [1.54, 1.807) is 36.4 Å². The Kier molecular flexibility index (Phi) is 8.59. The van der Waals surface area contributed by atoms with E-state index in [2.05, 4.69) is 5.32 Å². The van der Waals surface area contributed by atoms with Crippen molar-refractivity contribution in [1.29, 1.82) is 0 Å². The molecule has 358 valence electrons. The van der Waals surface area contributed by atoms with Crippen molar-refractivity contribution in [1.82, 2.24) is 25.0 Å². The first-order valence-corrected chi connectivity index (χ1v) is 24.4. The minimum absolute atomic E-state index is 0.0340. The number of pyridine rings is 1. The van der Waals surface area contributed by atoms with Crippen molar-refractivity contribution in [2.45, 2.75) is 24.0 Å². The van der Waals surface area contributed by atoms with E-state index in [-0.39, 0.29) is 26.2 Å². The van der Waals surface area contributed by atoms with Crippen LogP contribution in [0.3, 0.4) is 0 Å². The van der Waals surface area contributed by atoms with Gasteiger partial charge in [0.1, 0.15) is 0 Å². The first-order chi connectivity index (χ1) is 34.4. The highest BCUT2D eigenvalue weighted by Gasteiger charge is 2.93. The molecule has 8 fully saturated rings. The number of amides is 7. The SMILES string of the molecule is COC(=O)[C@]12O[C@](C(=O)OC)([C@@H]3[C@@H]4C[C@@H]([C@@H]5C(=O)N(CCN6C(=O)c7cccc8cccc(c78)C6=O)C(=O)[C@H]45)[C@@H]31)[C@H]1[C@H]3C[C@H]([C@H]4C(=O)N(CCNC(=O)c5cccc6cc7ccccc7nc56)C(=O)[C@@H]34)[C@H]12. The number of para-hydroxylation sites is 2. The summed E-state index contributed by atoms with van der Waals surface area (Å²) in [5.41, 5.74) is -1.29. The van der Waals surface area contributed by atoms with Crippen molar-refractivity contribution >= 4 is 85.9 Å². The highest BCUT2D eigenvalue weighted by molar-refractivity contribution is 6.25. The zero-order valence-electron chi connectivity index (χ0n) is 38.4. The van der Waals surface area contributed by atoms with Crippen LogP contribution >= 0.6 is 0 Å². The van der Waals surface area contributed by atoms with Crippen LogP contribution in [0.2, 0.25) is 0 Å². The van der Waals surface area contributed by atoms with Crippen LogP contribution in [0, 0.1) is 71.0 Å².